The monoisotopic (exact) mass is 440 g/mol. The molecule has 2 N–H and O–H groups in total. The van der Waals surface area contributed by atoms with Gasteiger partial charge in [-0.25, -0.2) is 13.1 Å². The first-order valence-corrected chi connectivity index (χ1v) is 8.56. The van der Waals surface area contributed by atoms with Gasteiger partial charge in [-0.1, -0.05) is 30.3 Å². The summed E-state index contributed by atoms with van der Waals surface area (Å²) in [5.74, 6) is 0.824. The Hall–Kier alpha value is -0.870. The van der Waals surface area contributed by atoms with Crippen LogP contribution in [0.4, 0.5) is 0 Å². The fourth-order valence-electron chi connectivity index (χ4n) is 1.80. The molecule has 0 fully saturated rings. The average molecular weight is 440 g/mol. The van der Waals surface area contributed by atoms with Crippen molar-refractivity contribution in [2.45, 2.75) is 13.5 Å². The fourth-order valence-corrected chi connectivity index (χ4v) is 2.42. The van der Waals surface area contributed by atoms with Crippen molar-refractivity contribution >= 4 is 40.0 Å². The van der Waals surface area contributed by atoms with Crippen LogP contribution in [0.3, 0.4) is 0 Å². The molecule has 6 nitrogen and oxygen atoms in total. The van der Waals surface area contributed by atoms with Gasteiger partial charge in [-0.2, -0.15) is 0 Å². The molecule has 8 heteroatoms. The van der Waals surface area contributed by atoms with Crippen LogP contribution in [-0.2, 0) is 16.6 Å². The predicted octanol–water partition coefficient (Wildman–Crippen LogP) is 1.25. The summed E-state index contributed by atoms with van der Waals surface area (Å²) in [4.78, 5) is 6.18. The summed E-state index contributed by atoms with van der Waals surface area (Å²) in [6.45, 7) is 3.18. The minimum absolute atomic E-state index is 0. The van der Waals surface area contributed by atoms with Crippen LogP contribution < -0.4 is 10.0 Å². The zero-order valence-electron chi connectivity index (χ0n) is 13.2. The molecule has 0 radical (unpaired) electrons. The molecule has 0 aliphatic heterocycles. The van der Waals surface area contributed by atoms with Gasteiger partial charge in [-0.05, 0) is 12.5 Å². The summed E-state index contributed by atoms with van der Waals surface area (Å²) in [6.07, 6.45) is 0. The van der Waals surface area contributed by atoms with Gasteiger partial charge in [-0.15, -0.1) is 24.0 Å². The van der Waals surface area contributed by atoms with E-state index in [1.807, 2.05) is 30.1 Å². The van der Waals surface area contributed by atoms with Crippen LogP contribution in [0.1, 0.15) is 12.5 Å². The van der Waals surface area contributed by atoms with Crippen LogP contribution in [0.25, 0.3) is 0 Å². The molecule has 1 rings (SSSR count). The van der Waals surface area contributed by atoms with Crippen molar-refractivity contribution in [2.24, 2.45) is 4.99 Å². The summed E-state index contributed by atoms with van der Waals surface area (Å²) in [5.41, 5.74) is 1.19. The molecule has 1 aromatic carbocycles. The fraction of sp³-hybridized carbons (Fsp3) is 0.500. The summed E-state index contributed by atoms with van der Waals surface area (Å²) >= 11 is 0. The molecule has 0 bridgehead atoms. The van der Waals surface area contributed by atoms with Gasteiger partial charge in [0, 0.05) is 33.7 Å². The minimum atomic E-state index is -3.14. The van der Waals surface area contributed by atoms with Gasteiger partial charge in [0.25, 0.3) is 0 Å². The Bertz CT molecular complexity index is 549. The van der Waals surface area contributed by atoms with Crippen molar-refractivity contribution in [3.63, 3.8) is 0 Å². The molecule has 0 spiro atoms. The zero-order chi connectivity index (χ0) is 15.7. The molecule has 0 aliphatic rings. The molecule has 0 amide bonds. The van der Waals surface area contributed by atoms with Gasteiger partial charge < -0.3 is 10.2 Å². The van der Waals surface area contributed by atoms with E-state index in [0.29, 0.717) is 13.1 Å². The van der Waals surface area contributed by atoms with Crippen molar-refractivity contribution in [1.29, 1.82) is 0 Å². The van der Waals surface area contributed by atoms with Gasteiger partial charge in [-0.3, -0.25) is 4.99 Å². The number of nitrogens with one attached hydrogen (secondary N) is 2. The first kappa shape index (κ1) is 21.1. The van der Waals surface area contributed by atoms with Crippen molar-refractivity contribution in [3.8, 4) is 0 Å². The van der Waals surface area contributed by atoms with E-state index in [1.54, 1.807) is 14.0 Å². The van der Waals surface area contributed by atoms with Gasteiger partial charge in [0.1, 0.15) is 0 Å². The molecule has 0 aromatic heterocycles. The van der Waals surface area contributed by atoms with E-state index >= 15 is 0 Å². The number of halogens is 1. The minimum Gasteiger partial charge on any atom is -0.355 e. The maximum Gasteiger partial charge on any atom is 0.211 e. The molecule has 22 heavy (non-hydrogen) atoms. The topological polar surface area (TPSA) is 73.8 Å². The van der Waals surface area contributed by atoms with Crippen LogP contribution in [0.15, 0.2) is 35.3 Å². The smallest absolute Gasteiger partial charge is 0.211 e. The number of hydrogen-bond acceptors (Lipinski definition) is 3. The number of guanidine groups is 1. The summed E-state index contributed by atoms with van der Waals surface area (Å²) < 4.78 is 25.1. The SMILES string of the molecule is CCS(=O)(=O)NCCNC(=NC)N(C)Cc1ccccc1.I. The lowest BCUT2D eigenvalue weighted by Crippen LogP contribution is -2.42. The van der Waals surface area contributed by atoms with Crippen LogP contribution >= 0.6 is 24.0 Å². The third-order valence-corrected chi connectivity index (χ3v) is 4.35. The van der Waals surface area contributed by atoms with Crippen molar-refractivity contribution in [1.82, 2.24) is 14.9 Å². The number of hydrogen-bond donors (Lipinski definition) is 2. The van der Waals surface area contributed by atoms with Gasteiger partial charge >= 0.3 is 0 Å². The van der Waals surface area contributed by atoms with Crippen LogP contribution in [-0.4, -0.2) is 52.2 Å². The van der Waals surface area contributed by atoms with E-state index in [2.05, 4.69) is 27.2 Å². The Morgan fingerprint density at radius 3 is 2.41 bits per heavy atom. The van der Waals surface area contributed by atoms with Crippen molar-refractivity contribution in [2.75, 3.05) is 32.9 Å². The maximum atomic E-state index is 11.3. The highest BCUT2D eigenvalue weighted by atomic mass is 127. The highest BCUT2D eigenvalue weighted by molar-refractivity contribution is 14.0. The Morgan fingerprint density at radius 2 is 1.86 bits per heavy atom. The largest absolute Gasteiger partial charge is 0.355 e. The van der Waals surface area contributed by atoms with Crippen LogP contribution in [0, 0.1) is 0 Å². The molecule has 0 saturated heterocycles. The van der Waals surface area contributed by atoms with E-state index in [4.69, 9.17) is 0 Å². The summed E-state index contributed by atoms with van der Waals surface area (Å²) in [7, 11) is 0.515. The molecule has 1 aromatic rings. The first-order chi connectivity index (χ1) is 9.98. The zero-order valence-corrected chi connectivity index (χ0v) is 16.4. The second-order valence-corrected chi connectivity index (χ2v) is 6.71. The molecule has 126 valence electrons. The number of rotatable bonds is 7. The Morgan fingerprint density at radius 1 is 1.23 bits per heavy atom. The lowest BCUT2D eigenvalue weighted by Gasteiger charge is -2.22. The lowest BCUT2D eigenvalue weighted by atomic mass is 10.2. The Kier molecular flexibility index (Phi) is 10.4. The van der Waals surface area contributed by atoms with E-state index < -0.39 is 10.0 Å². The molecule has 0 heterocycles. The number of benzene rings is 1. The van der Waals surface area contributed by atoms with E-state index in [9.17, 15) is 8.42 Å². The van der Waals surface area contributed by atoms with Gasteiger partial charge in [0.05, 0.1) is 5.75 Å². The Labute approximate surface area is 150 Å². The highest BCUT2D eigenvalue weighted by Crippen LogP contribution is 2.02. The standard InChI is InChI=1S/C14H24N4O2S.HI/c1-4-21(19,20)17-11-10-16-14(15-2)18(3)12-13-8-6-5-7-9-13;/h5-9,17H,4,10-12H2,1-3H3,(H,15,16);1H. The molecule has 0 unspecified atom stereocenters. The normalized spacial score (nSPS) is 11.7. The highest BCUT2D eigenvalue weighted by Gasteiger charge is 2.08. The summed E-state index contributed by atoms with van der Waals surface area (Å²) in [6, 6.07) is 10.1. The second kappa shape index (κ2) is 10.8. The maximum absolute atomic E-state index is 11.3. The number of sulfonamides is 1. The lowest BCUT2D eigenvalue weighted by molar-refractivity contribution is 0.477. The van der Waals surface area contributed by atoms with Gasteiger partial charge in [0.2, 0.25) is 10.0 Å². The predicted molar refractivity (Wildman–Crippen MR) is 102 cm³/mol. The quantitative estimate of drug-likeness (QED) is 0.290. The molecule has 0 aliphatic carbocycles. The Balaban J connectivity index is 0.00000441. The van der Waals surface area contributed by atoms with Crippen molar-refractivity contribution < 1.29 is 8.42 Å². The molecular weight excluding hydrogens is 415 g/mol. The third-order valence-electron chi connectivity index (χ3n) is 2.95. The first-order valence-electron chi connectivity index (χ1n) is 6.91. The average Bonchev–Trinajstić information content (AvgIpc) is 2.48. The molecular formula is C14H25IN4O2S. The number of nitrogens with zero attached hydrogens (tertiary/aromatic N) is 2. The molecule has 0 saturated carbocycles. The number of aliphatic imine (C=N–C) groups is 1. The van der Waals surface area contributed by atoms with E-state index in [0.717, 1.165) is 12.5 Å². The van der Waals surface area contributed by atoms with Crippen molar-refractivity contribution in [3.05, 3.63) is 35.9 Å². The van der Waals surface area contributed by atoms with E-state index in [-0.39, 0.29) is 29.7 Å². The van der Waals surface area contributed by atoms with Crippen LogP contribution in [0.2, 0.25) is 0 Å². The van der Waals surface area contributed by atoms with E-state index in [1.165, 1.54) is 5.56 Å². The molecule has 0 atom stereocenters. The third kappa shape index (κ3) is 7.95. The second-order valence-electron chi connectivity index (χ2n) is 4.61. The summed E-state index contributed by atoms with van der Waals surface area (Å²) in [5, 5.41) is 3.14. The van der Waals surface area contributed by atoms with Crippen LogP contribution in [0.5, 0.6) is 0 Å². The van der Waals surface area contributed by atoms with Gasteiger partial charge in [0.15, 0.2) is 5.96 Å².